The average molecular weight is 292 g/mol. The highest BCUT2D eigenvalue weighted by molar-refractivity contribution is 5.92. The normalized spacial score (nSPS) is 10.6. The molecule has 0 bridgehead atoms. The van der Waals surface area contributed by atoms with Gasteiger partial charge in [-0.15, -0.1) is 0 Å². The Morgan fingerprint density at radius 3 is 2.71 bits per heavy atom. The van der Waals surface area contributed by atoms with E-state index in [2.05, 4.69) is 12.2 Å². The van der Waals surface area contributed by atoms with Crippen molar-refractivity contribution in [2.75, 3.05) is 24.3 Å². The molecule has 0 unspecified atom stereocenters. The smallest absolute Gasteiger partial charge is 0.226 e. The number of nitrogens with two attached hydrogens (primary N) is 1. The van der Waals surface area contributed by atoms with Gasteiger partial charge in [-0.05, 0) is 31.0 Å². The highest BCUT2D eigenvalue weighted by Gasteiger charge is 2.06. The van der Waals surface area contributed by atoms with Gasteiger partial charge < -0.3 is 15.8 Å². The van der Waals surface area contributed by atoms with Gasteiger partial charge in [0.1, 0.15) is 0 Å². The van der Waals surface area contributed by atoms with Crippen molar-refractivity contribution >= 4 is 17.3 Å². The van der Waals surface area contributed by atoms with Crippen LogP contribution in [0.5, 0.6) is 0 Å². The van der Waals surface area contributed by atoms with E-state index >= 15 is 0 Å². The molecule has 0 fully saturated rings. The van der Waals surface area contributed by atoms with Crippen LogP contribution in [-0.4, -0.2) is 19.1 Å². The standard InChI is InChI=1S/C17H28N2O2/c1-3-4-5-6-7-12-21-13-11-17(20)19-16-10-8-9-15(18)14(16)2/h8-10H,3-7,11-13,18H2,1-2H3,(H,19,20). The van der Waals surface area contributed by atoms with Crippen molar-refractivity contribution in [2.24, 2.45) is 0 Å². The first-order valence-corrected chi connectivity index (χ1v) is 7.87. The largest absolute Gasteiger partial charge is 0.398 e. The van der Waals surface area contributed by atoms with E-state index < -0.39 is 0 Å². The van der Waals surface area contributed by atoms with Crippen molar-refractivity contribution in [3.05, 3.63) is 23.8 Å². The molecule has 0 saturated carbocycles. The quantitative estimate of drug-likeness (QED) is 0.508. The molecular weight excluding hydrogens is 264 g/mol. The van der Waals surface area contributed by atoms with Gasteiger partial charge in [-0.2, -0.15) is 0 Å². The molecule has 21 heavy (non-hydrogen) atoms. The van der Waals surface area contributed by atoms with Crippen molar-refractivity contribution in [1.82, 2.24) is 0 Å². The maximum Gasteiger partial charge on any atom is 0.226 e. The van der Waals surface area contributed by atoms with E-state index in [1.54, 1.807) is 0 Å². The summed E-state index contributed by atoms with van der Waals surface area (Å²) in [5.74, 6) is -0.0327. The average Bonchev–Trinajstić information content (AvgIpc) is 2.47. The molecule has 0 aliphatic heterocycles. The van der Waals surface area contributed by atoms with E-state index in [0.29, 0.717) is 18.7 Å². The van der Waals surface area contributed by atoms with Gasteiger partial charge >= 0.3 is 0 Å². The van der Waals surface area contributed by atoms with Crippen molar-refractivity contribution in [1.29, 1.82) is 0 Å². The number of anilines is 2. The summed E-state index contributed by atoms with van der Waals surface area (Å²) in [7, 11) is 0. The Hall–Kier alpha value is -1.55. The number of carbonyl (C=O) groups is 1. The molecule has 4 heteroatoms. The number of benzene rings is 1. The molecule has 118 valence electrons. The van der Waals surface area contributed by atoms with Crippen LogP contribution >= 0.6 is 0 Å². The lowest BCUT2D eigenvalue weighted by Crippen LogP contribution is -2.15. The van der Waals surface area contributed by atoms with Gasteiger partial charge in [0.2, 0.25) is 5.91 Å². The van der Waals surface area contributed by atoms with Crippen LogP contribution in [0.2, 0.25) is 0 Å². The molecule has 0 aromatic heterocycles. The van der Waals surface area contributed by atoms with Gasteiger partial charge in [-0.1, -0.05) is 38.7 Å². The van der Waals surface area contributed by atoms with Gasteiger partial charge in [0.15, 0.2) is 0 Å². The van der Waals surface area contributed by atoms with Crippen molar-refractivity contribution in [3.63, 3.8) is 0 Å². The van der Waals surface area contributed by atoms with Crippen LogP contribution in [0.1, 0.15) is 51.0 Å². The lowest BCUT2D eigenvalue weighted by molar-refractivity contribution is -0.117. The van der Waals surface area contributed by atoms with Crippen LogP contribution in [0, 0.1) is 6.92 Å². The van der Waals surface area contributed by atoms with Crippen LogP contribution < -0.4 is 11.1 Å². The summed E-state index contributed by atoms with van der Waals surface area (Å²) in [4.78, 5) is 11.8. The minimum atomic E-state index is -0.0327. The molecule has 0 aliphatic rings. The molecule has 0 aliphatic carbocycles. The van der Waals surface area contributed by atoms with E-state index in [9.17, 15) is 4.79 Å². The molecule has 3 N–H and O–H groups in total. The fourth-order valence-electron chi connectivity index (χ4n) is 2.08. The van der Waals surface area contributed by atoms with Crippen LogP contribution in [0.3, 0.4) is 0 Å². The van der Waals surface area contributed by atoms with E-state index in [-0.39, 0.29) is 5.91 Å². The number of unbranched alkanes of at least 4 members (excludes halogenated alkanes) is 4. The zero-order chi connectivity index (χ0) is 15.5. The van der Waals surface area contributed by atoms with Crippen molar-refractivity contribution in [2.45, 2.75) is 52.4 Å². The topological polar surface area (TPSA) is 64.3 Å². The maximum absolute atomic E-state index is 11.8. The number of amides is 1. The first-order valence-electron chi connectivity index (χ1n) is 7.87. The van der Waals surface area contributed by atoms with E-state index in [1.165, 1.54) is 25.7 Å². The van der Waals surface area contributed by atoms with E-state index in [4.69, 9.17) is 10.5 Å². The van der Waals surface area contributed by atoms with Crippen LogP contribution in [-0.2, 0) is 9.53 Å². The summed E-state index contributed by atoms with van der Waals surface area (Å²) in [6, 6.07) is 5.52. The van der Waals surface area contributed by atoms with Crippen LogP contribution in [0.25, 0.3) is 0 Å². The predicted molar refractivity (Wildman–Crippen MR) is 88.4 cm³/mol. The molecule has 1 aromatic rings. The predicted octanol–water partition coefficient (Wildman–Crippen LogP) is 3.89. The Labute approximate surface area is 128 Å². The van der Waals surface area contributed by atoms with Gasteiger partial charge in [0.25, 0.3) is 0 Å². The number of rotatable bonds is 10. The SMILES string of the molecule is CCCCCCCOCCC(=O)Nc1cccc(N)c1C. The minimum Gasteiger partial charge on any atom is -0.398 e. The number of hydrogen-bond acceptors (Lipinski definition) is 3. The van der Waals surface area contributed by atoms with Gasteiger partial charge in [-0.3, -0.25) is 4.79 Å². The molecule has 1 rings (SSSR count). The monoisotopic (exact) mass is 292 g/mol. The summed E-state index contributed by atoms with van der Waals surface area (Å²) >= 11 is 0. The highest BCUT2D eigenvalue weighted by atomic mass is 16.5. The second-order valence-electron chi connectivity index (χ2n) is 5.34. The third kappa shape index (κ3) is 7.14. The van der Waals surface area contributed by atoms with E-state index in [0.717, 1.165) is 24.3 Å². The lowest BCUT2D eigenvalue weighted by Gasteiger charge is -2.10. The van der Waals surface area contributed by atoms with Gasteiger partial charge in [0.05, 0.1) is 13.0 Å². The first-order chi connectivity index (χ1) is 10.1. The Bertz CT molecular complexity index is 433. The molecule has 0 radical (unpaired) electrons. The van der Waals surface area contributed by atoms with Crippen LogP contribution in [0.15, 0.2) is 18.2 Å². The van der Waals surface area contributed by atoms with Crippen molar-refractivity contribution < 1.29 is 9.53 Å². The van der Waals surface area contributed by atoms with Crippen LogP contribution in [0.4, 0.5) is 11.4 Å². The van der Waals surface area contributed by atoms with Crippen molar-refractivity contribution in [3.8, 4) is 0 Å². The third-order valence-corrected chi connectivity index (χ3v) is 3.52. The summed E-state index contributed by atoms with van der Waals surface area (Å²) in [5.41, 5.74) is 8.18. The highest BCUT2D eigenvalue weighted by Crippen LogP contribution is 2.20. The van der Waals surface area contributed by atoms with Gasteiger partial charge in [0, 0.05) is 18.0 Å². The molecule has 0 heterocycles. The second kappa shape index (κ2) is 10.2. The second-order valence-corrected chi connectivity index (χ2v) is 5.34. The molecule has 0 atom stereocenters. The molecule has 0 saturated heterocycles. The molecule has 4 nitrogen and oxygen atoms in total. The number of ether oxygens (including phenoxy) is 1. The Balaban J connectivity index is 2.13. The summed E-state index contributed by atoms with van der Waals surface area (Å²) in [6.45, 7) is 5.32. The van der Waals surface area contributed by atoms with E-state index in [1.807, 2.05) is 25.1 Å². The number of hydrogen-bond donors (Lipinski definition) is 2. The molecule has 1 amide bonds. The first kappa shape index (κ1) is 17.5. The Kier molecular flexibility index (Phi) is 8.51. The molecule has 0 spiro atoms. The lowest BCUT2D eigenvalue weighted by atomic mass is 10.1. The Morgan fingerprint density at radius 2 is 1.95 bits per heavy atom. The number of nitrogen functional groups attached to an aromatic ring is 1. The number of carbonyl (C=O) groups excluding carboxylic acids is 1. The summed E-state index contributed by atoms with van der Waals surface area (Å²) < 4.78 is 5.49. The fourth-order valence-corrected chi connectivity index (χ4v) is 2.08. The zero-order valence-electron chi connectivity index (χ0n) is 13.3. The summed E-state index contributed by atoms with van der Waals surface area (Å²) in [6.07, 6.45) is 6.49. The third-order valence-electron chi connectivity index (χ3n) is 3.52. The molecule has 1 aromatic carbocycles. The van der Waals surface area contributed by atoms with Gasteiger partial charge in [-0.25, -0.2) is 0 Å². The minimum absolute atomic E-state index is 0.0327. The maximum atomic E-state index is 11.8. The number of nitrogens with one attached hydrogen (secondary N) is 1. The fraction of sp³-hybridized carbons (Fsp3) is 0.588. The summed E-state index contributed by atoms with van der Waals surface area (Å²) in [5, 5.41) is 2.87. The zero-order valence-corrected chi connectivity index (χ0v) is 13.3. The Morgan fingerprint density at radius 1 is 1.19 bits per heavy atom. The molecular formula is C17H28N2O2.